The fourth-order valence-corrected chi connectivity index (χ4v) is 2.46. The summed E-state index contributed by atoms with van der Waals surface area (Å²) in [5, 5.41) is -0.315. The first-order valence-corrected chi connectivity index (χ1v) is 6.43. The molecule has 0 fully saturated rings. The van der Waals surface area contributed by atoms with E-state index >= 15 is 0 Å². The minimum absolute atomic E-state index is 0. The van der Waals surface area contributed by atoms with Crippen molar-refractivity contribution in [1.29, 1.82) is 0 Å². The van der Waals surface area contributed by atoms with E-state index in [0.717, 1.165) is 17.3 Å². The molecule has 0 aliphatic carbocycles. The molecule has 0 atom stereocenters. The number of allylic oxidation sites excluding steroid dienone is 2. The van der Waals surface area contributed by atoms with Crippen LogP contribution in [-0.4, -0.2) is 11.6 Å². The van der Waals surface area contributed by atoms with Crippen LogP contribution in [0.2, 0.25) is 5.02 Å². The topological polar surface area (TPSA) is 12.4 Å². The maximum atomic E-state index is 12.6. The van der Waals surface area contributed by atoms with Crippen molar-refractivity contribution in [3.05, 3.63) is 45.6 Å². The predicted octanol–water partition coefficient (Wildman–Crippen LogP) is 5.49. The van der Waals surface area contributed by atoms with Crippen LogP contribution >= 0.6 is 35.6 Å². The average Bonchev–Trinajstić information content (AvgIpc) is 2.68. The van der Waals surface area contributed by atoms with Crippen molar-refractivity contribution >= 4 is 41.3 Å². The molecule has 1 aliphatic rings. The molecule has 1 aromatic carbocycles. The first-order valence-electron chi connectivity index (χ1n) is 5.52. The van der Waals surface area contributed by atoms with Gasteiger partial charge < -0.3 is 0 Å². The largest absolute Gasteiger partial charge is 0.417 e. The molecule has 7 heteroatoms. The Kier molecular flexibility index (Phi) is 5.53. The standard InChI is InChI=1S/C13H10Cl2F3N.ClH/c1-7-4-11(19-12(7)6-14)8-2-3-9(10(15)5-8)13(16,17)18;/h2-3,5H,4,6H2,1H3;1H. The van der Waals surface area contributed by atoms with Gasteiger partial charge in [-0.2, -0.15) is 13.2 Å². The monoisotopic (exact) mass is 343 g/mol. The fourth-order valence-electron chi connectivity index (χ4n) is 1.89. The third-order valence-electron chi connectivity index (χ3n) is 2.93. The normalized spacial score (nSPS) is 15.2. The van der Waals surface area contributed by atoms with E-state index in [4.69, 9.17) is 23.2 Å². The number of hydrogen-bond acceptors (Lipinski definition) is 1. The lowest BCUT2D eigenvalue weighted by Crippen LogP contribution is -2.07. The summed E-state index contributed by atoms with van der Waals surface area (Å²) in [4.78, 5) is 4.32. The van der Waals surface area contributed by atoms with Crippen LogP contribution in [0.5, 0.6) is 0 Å². The second-order valence-corrected chi connectivity index (χ2v) is 4.96. The first-order chi connectivity index (χ1) is 8.82. The third-order valence-corrected chi connectivity index (χ3v) is 3.50. The van der Waals surface area contributed by atoms with Crippen molar-refractivity contribution in [2.24, 2.45) is 4.99 Å². The second kappa shape index (κ2) is 6.37. The lowest BCUT2D eigenvalue weighted by Gasteiger charge is -2.10. The zero-order valence-electron chi connectivity index (χ0n) is 10.4. The van der Waals surface area contributed by atoms with Crippen molar-refractivity contribution < 1.29 is 13.2 Å². The molecule has 0 spiro atoms. The summed E-state index contributed by atoms with van der Waals surface area (Å²) >= 11 is 11.4. The van der Waals surface area contributed by atoms with Crippen molar-refractivity contribution in [1.82, 2.24) is 0 Å². The average molecular weight is 345 g/mol. The number of benzene rings is 1. The lowest BCUT2D eigenvalue weighted by atomic mass is 10.0. The Bertz CT molecular complexity index is 577. The number of nitrogens with zero attached hydrogens (tertiary/aromatic N) is 1. The molecule has 0 aromatic heterocycles. The van der Waals surface area contributed by atoms with Crippen LogP contribution in [0.3, 0.4) is 0 Å². The molecule has 0 amide bonds. The Morgan fingerprint density at radius 1 is 1.30 bits per heavy atom. The molecule has 20 heavy (non-hydrogen) atoms. The van der Waals surface area contributed by atoms with Crippen molar-refractivity contribution in [2.45, 2.75) is 19.5 Å². The molecule has 1 heterocycles. The summed E-state index contributed by atoms with van der Waals surface area (Å²) in [7, 11) is 0. The first kappa shape index (κ1) is 17.3. The molecule has 0 unspecified atom stereocenters. The van der Waals surface area contributed by atoms with Crippen LogP contribution in [0.1, 0.15) is 24.5 Å². The van der Waals surface area contributed by atoms with E-state index in [1.54, 1.807) is 0 Å². The highest BCUT2D eigenvalue weighted by Crippen LogP contribution is 2.35. The van der Waals surface area contributed by atoms with E-state index in [1.807, 2.05) is 6.92 Å². The molecule has 1 nitrogen and oxygen atoms in total. The molecule has 2 rings (SSSR count). The van der Waals surface area contributed by atoms with E-state index in [0.29, 0.717) is 23.6 Å². The summed E-state index contributed by atoms with van der Waals surface area (Å²) in [5.41, 5.74) is 2.26. The summed E-state index contributed by atoms with van der Waals surface area (Å²) in [6, 6.07) is 3.67. The molecule has 110 valence electrons. The Labute approximate surface area is 130 Å². The van der Waals surface area contributed by atoms with Crippen LogP contribution in [0.25, 0.3) is 0 Å². The van der Waals surface area contributed by atoms with Gasteiger partial charge in [0.25, 0.3) is 0 Å². The Hall–Kier alpha value is -0.710. The van der Waals surface area contributed by atoms with Gasteiger partial charge in [0, 0.05) is 6.42 Å². The van der Waals surface area contributed by atoms with E-state index in [-0.39, 0.29) is 17.4 Å². The molecular formula is C13H11Cl3F3N. The Morgan fingerprint density at radius 2 is 1.95 bits per heavy atom. The highest BCUT2D eigenvalue weighted by atomic mass is 35.5. The van der Waals surface area contributed by atoms with Crippen molar-refractivity contribution in [3.8, 4) is 0 Å². The van der Waals surface area contributed by atoms with Gasteiger partial charge in [-0.25, -0.2) is 0 Å². The van der Waals surface area contributed by atoms with Gasteiger partial charge in [0.05, 0.1) is 27.9 Å². The van der Waals surface area contributed by atoms with E-state index in [9.17, 15) is 13.2 Å². The SMILES string of the molecule is CC1=C(CCl)N=C(c2ccc(C(F)(F)F)c(Cl)c2)C1.Cl. The predicted molar refractivity (Wildman–Crippen MR) is 78.3 cm³/mol. The third kappa shape index (κ3) is 3.48. The van der Waals surface area contributed by atoms with Gasteiger partial charge in [0.2, 0.25) is 0 Å². The van der Waals surface area contributed by atoms with Crippen LogP contribution < -0.4 is 0 Å². The molecule has 1 aromatic rings. The summed E-state index contributed by atoms with van der Waals surface area (Å²) < 4.78 is 37.8. The fraction of sp³-hybridized carbons (Fsp3) is 0.308. The quantitative estimate of drug-likeness (QED) is 0.629. The summed E-state index contributed by atoms with van der Waals surface area (Å²) in [6.07, 6.45) is -3.85. The Balaban J connectivity index is 0.00000200. The molecule has 0 radical (unpaired) electrons. The maximum absolute atomic E-state index is 12.6. The molecule has 0 N–H and O–H groups in total. The summed E-state index contributed by atoms with van der Waals surface area (Å²) in [6.45, 7) is 1.90. The zero-order chi connectivity index (χ0) is 14.2. The van der Waals surface area contributed by atoms with Gasteiger partial charge >= 0.3 is 6.18 Å². The van der Waals surface area contributed by atoms with Crippen molar-refractivity contribution in [3.63, 3.8) is 0 Å². The van der Waals surface area contributed by atoms with Gasteiger partial charge in [0.1, 0.15) is 0 Å². The molecule has 0 saturated carbocycles. The molecule has 0 bridgehead atoms. The highest BCUT2D eigenvalue weighted by Gasteiger charge is 2.33. The number of rotatable bonds is 2. The highest BCUT2D eigenvalue weighted by molar-refractivity contribution is 6.32. The number of aliphatic imine (C=N–C) groups is 1. The minimum atomic E-state index is -4.44. The van der Waals surface area contributed by atoms with E-state index < -0.39 is 11.7 Å². The number of halogens is 6. The van der Waals surface area contributed by atoms with Crippen LogP contribution in [0, 0.1) is 0 Å². The van der Waals surface area contributed by atoms with Gasteiger partial charge in [-0.1, -0.05) is 17.7 Å². The summed E-state index contributed by atoms with van der Waals surface area (Å²) in [5.74, 6) is 0.295. The second-order valence-electron chi connectivity index (χ2n) is 4.29. The molecule has 0 saturated heterocycles. The minimum Gasteiger partial charge on any atom is -0.256 e. The van der Waals surface area contributed by atoms with Gasteiger partial charge in [0.15, 0.2) is 0 Å². The van der Waals surface area contributed by atoms with E-state index in [2.05, 4.69) is 4.99 Å². The lowest BCUT2D eigenvalue weighted by molar-refractivity contribution is -0.137. The van der Waals surface area contributed by atoms with E-state index in [1.165, 1.54) is 12.1 Å². The molecular weight excluding hydrogens is 334 g/mol. The molecule has 1 aliphatic heterocycles. The van der Waals surface area contributed by atoms with Gasteiger partial charge in [-0.05, 0) is 30.2 Å². The maximum Gasteiger partial charge on any atom is 0.417 e. The van der Waals surface area contributed by atoms with Crippen LogP contribution in [-0.2, 0) is 6.18 Å². The van der Waals surface area contributed by atoms with Crippen LogP contribution in [0.4, 0.5) is 13.2 Å². The van der Waals surface area contributed by atoms with Gasteiger partial charge in [-0.3, -0.25) is 4.99 Å². The zero-order valence-corrected chi connectivity index (χ0v) is 12.7. The number of alkyl halides is 4. The Morgan fingerprint density at radius 3 is 2.40 bits per heavy atom. The smallest absolute Gasteiger partial charge is 0.256 e. The van der Waals surface area contributed by atoms with Crippen molar-refractivity contribution in [2.75, 3.05) is 5.88 Å². The van der Waals surface area contributed by atoms with Crippen LogP contribution in [0.15, 0.2) is 34.5 Å². The van der Waals surface area contributed by atoms with Gasteiger partial charge in [-0.15, -0.1) is 24.0 Å². The number of hydrogen-bond donors (Lipinski definition) is 0.